The summed E-state index contributed by atoms with van der Waals surface area (Å²) in [5.74, 6) is -2.49. The first-order valence-corrected chi connectivity index (χ1v) is 7.54. The summed E-state index contributed by atoms with van der Waals surface area (Å²) < 4.78 is 26.7. The molecule has 9 nitrogen and oxygen atoms in total. The third kappa shape index (κ3) is 10.7. The Balaban J connectivity index is 0. The Labute approximate surface area is 225 Å². The molecule has 0 heterocycles. The van der Waals surface area contributed by atoms with Crippen molar-refractivity contribution in [3.8, 4) is 0 Å². The van der Waals surface area contributed by atoms with E-state index in [0.717, 1.165) is 0 Å². The quantitative estimate of drug-likeness (QED) is 0.146. The minimum Gasteiger partial charge on any atom is -0.861 e. The van der Waals surface area contributed by atoms with Crippen molar-refractivity contribution in [1.29, 1.82) is 0 Å². The second-order valence-electron chi connectivity index (χ2n) is 4.36. The zero-order valence-electron chi connectivity index (χ0n) is 14.0. The summed E-state index contributed by atoms with van der Waals surface area (Å²) in [5, 5.41) is 30.6. The van der Waals surface area contributed by atoms with Gasteiger partial charge in [-0.2, -0.15) is 12.8 Å². The van der Waals surface area contributed by atoms with Gasteiger partial charge in [0, 0.05) is 20.1 Å². The third-order valence-electron chi connectivity index (χ3n) is 2.24. The van der Waals surface area contributed by atoms with Crippen LogP contribution in [0.15, 0.2) is 43.9 Å². The molecule has 0 unspecified atom stereocenters. The minimum absolute atomic E-state index is 0. The van der Waals surface area contributed by atoms with E-state index in [1.54, 1.807) is 14.1 Å². The molecule has 24 heavy (non-hydrogen) atoms. The van der Waals surface area contributed by atoms with Gasteiger partial charge in [0.25, 0.3) is 10.0 Å². The smallest absolute Gasteiger partial charge is 0.861 e. The molecule has 0 aliphatic heterocycles. The van der Waals surface area contributed by atoms with Crippen molar-refractivity contribution in [2.45, 2.75) is 17.7 Å². The monoisotopic (exact) mass is 404 g/mol. The van der Waals surface area contributed by atoms with Crippen LogP contribution in [-0.4, -0.2) is 39.4 Å². The average Bonchev–Trinajstić information content (AvgIpc) is 2.43. The molecule has 0 aromatic heterocycles. The van der Waals surface area contributed by atoms with Crippen LogP contribution in [0.25, 0.3) is 0 Å². The molecule has 0 aliphatic carbocycles. The van der Waals surface area contributed by atoms with E-state index in [2.05, 4.69) is 14.7 Å². The van der Waals surface area contributed by atoms with Gasteiger partial charge in [0.1, 0.15) is 0 Å². The number of hydrogen-bond donors (Lipinski definition) is 0. The van der Waals surface area contributed by atoms with Crippen molar-refractivity contribution in [3.05, 3.63) is 24.3 Å². The molecule has 0 atom stereocenters. The summed E-state index contributed by atoms with van der Waals surface area (Å²) in [5.41, 5.74) is 0.427. The van der Waals surface area contributed by atoms with E-state index in [1.807, 2.05) is 0 Å². The fourth-order valence-electron chi connectivity index (χ4n) is 1.27. The molecule has 1 aromatic carbocycles. The number of carbonyl (C=O) groups is 1. The van der Waals surface area contributed by atoms with Crippen LogP contribution >= 0.6 is 0 Å². The average molecular weight is 405 g/mol. The molecule has 0 N–H and O–H groups in total. The Morgan fingerprint density at radius 3 is 2.08 bits per heavy atom. The fourth-order valence-corrected chi connectivity index (χ4v) is 2.21. The van der Waals surface area contributed by atoms with Crippen LogP contribution < -0.4 is 113 Å². The van der Waals surface area contributed by atoms with Crippen molar-refractivity contribution in [1.82, 2.24) is 5.01 Å². The van der Waals surface area contributed by atoms with Crippen molar-refractivity contribution < 1.29 is 126 Å². The predicted octanol–water partition coefficient (Wildman–Crippen LogP) is -6.77. The molecular weight excluding hydrogens is 390 g/mol. The number of carboxylic acid groups (broad SMARTS) is 1. The number of rotatable bonds is 7. The molecule has 1 aromatic rings. The van der Waals surface area contributed by atoms with Crippen LogP contribution in [0.5, 0.6) is 0 Å². The first-order chi connectivity index (χ1) is 10.2. The van der Waals surface area contributed by atoms with Crippen LogP contribution in [0.1, 0.15) is 12.8 Å². The summed E-state index contributed by atoms with van der Waals surface area (Å²) in [6.45, 7) is 0. The topological polar surface area (TPSA) is 138 Å². The van der Waals surface area contributed by atoms with Gasteiger partial charge in [-0.05, 0) is 43.0 Å². The number of sulfonamides is 1. The number of carboxylic acids is 1. The summed E-state index contributed by atoms with van der Waals surface area (Å²) in [4.78, 5) is 10.0. The number of nitrogens with zero attached hydrogens (tertiary/aromatic N) is 4. The van der Waals surface area contributed by atoms with E-state index in [4.69, 9.17) is 0 Å². The zero-order valence-corrected chi connectivity index (χ0v) is 21.0. The SMILES string of the molecule is CN(C)N=Nc1ccc(S(=O)(=O)/N=C(\[O-])CCC(=O)[O-])cc1.[K+].[K+]. The van der Waals surface area contributed by atoms with E-state index in [1.165, 1.54) is 29.3 Å². The second kappa shape index (κ2) is 13.0. The predicted molar refractivity (Wildman–Crippen MR) is 73.5 cm³/mol. The van der Waals surface area contributed by atoms with Gasteiger partial charge in [0.05, 0.1) is 10.6 Å². The fraction of sp³-hybridized carbons (Fsp3) is 0.333. The van der Waals surface area contributed by atoms with E-state index < -0.39 is 34.7 Å². The Morgan fingerprint density at radius 1 is 1.08 bits per heavy atom. The number of aliphatic carboxylic acids is 1. The number of hydrogen-bond acceptors (Lipinski definition) is 7. The maximum absolute atomic E-state index is 11.9. The molecule has 0 saturated carbocycles. The summed E-state index contributed by atoms with van der Waals surface area (Å²) in [6, 6.07) is 5.27. The van der Waals surface area contributed by atoms with Gasteiger partial charge in [-0.25, -0.2) is 0 Å². The number of carbonyl (C=O) groups excluding carboxylic acids is 1. The van der Waals surface area contributed by atoms with Gasteiger partial charge in [-0.1, -0.05) is 5.22 Å². The summed E-state index contributed by atoms with van der Waals surface area (Å²) in [7, 11) is -0.816. The molecule has 0 aliphatic rings. The maximum atomic E-state index is 11.9. The van der Waals surface area contributed by atoms with Crippen LogP contribution in [0.3, 0.4) is 0 Å². The standard InChI is InChI=1S/C12H16N4O5S.2K/c1-16(2)15-13-9-3-5-10(6-4-9)22(20,21)14-11(17)7-8-12(18)19;;/h3-6H,7-8H2,1-2H3,(H,14,17)(H,18,19);;/q;2*+1/p-2. The summed E-state index contributed by atoms with van der Waals surface area (Å²) in [6.07, 6.45) is -1.11. The molecule has 1 rings (SSSR count). The zero-order chi connectivity index (χ0) is 16.8. The van der Waals surface area contributed by atoms with Crippen LogP contribution in [-0.2, 0) is 14.8 Å². The van der Waals surface area contributed by atoms with E-state index in [9.17, 15) is 23.4 Å². The Kier molecular flexibility index (Phi) is 14.7. The van der Waals surface area contributed by atoms with E-state index >= 15 is 0 Å². The summed E-state index contributed by atoms with van der Waals surface area (Å²) >= 11 is 0. The molecule has 12 heteroatoms. The van der Waals surface area contributed by atoms with Crippen LogP contribution in [0, 0.1) is 0 Å². The third-order valence-corrected chi connectivity index (χ3v) is 3.55. The van der Waals surface area contributed by atoms with Gasteiger partial charge in [0.2, 0.25) is 0 Å². The van der Waals surface area contributed by atoms with Crippen LogP contribution in [0.2, 0.25) is 0 Å². The van der Waals surface area contributed by atoms with Gasteiger partial charge in [-0.3, -0.25) is 5.01 Å². The Bertz CT molecular complexity index is 690. The molecule has 0 amide bonds. The van der Waals surface area contributed by atoms with Crippen LogP contribution in [0.4, 0.5) is 5.69 Å². The molecule has 120 valence electrons. The van der Waals surface area contributed by atoms with E-state index in [0.29, 0.717) is 5.69 Å². The molecule has 0 spiro atoms. The molecule has 0 radical (unpaired) electrons. The number of benzene rings is 1. The molecular formula is C12H14K2N4O5S. The molecule has 0 saturated heterocycles. The van der Waals surface area contributed by atoms with Crippen molar-refractivity contribution in [3.63, 3.8) is 0 Å². The van der Waals surface area contributed by atoms with Gasteiger partial charge >= 0.3 is 103 Å². The molecule has 0 fully saturated rings. The second-order valence-corrected chi connectivity index (χ2v) is 5.97. The first kappa shape index (κ1) is 27.0. The van der Waals surface area contributed by atoms with Gasteiger partial charge in [-0.15, -0.1) is 5.11 Å². The van der Waals surface area contributed by atoms with Gasteiger partial charge in [0.15, 0.2) is 0 Å². The molecule has 0 bridgehead atoms. The minimum atomic E-state index is -4.18. The first-order valence-electron chi connectivity index (χ1n) is 6.10. The maximum Gasteiger partial charge on any atom is 1.00 e. The largest absolute Gasteiger partial charge is 1.00 e. The Morgan fingerprint density at radius 2 is 1.62 bits per heavy atom. The van der Waals surface area contributed by atoms with Gasteiger partial charge < -0.3 is 15.0 Å². The van der Waals surface area contributed by atoms with Crippen molar-refractivity contribution >= 4 is 27.6 Å². The van der Waals surface area contributed by atoms with E-state index in [-0.39, 0.29) is 108 Å². The van der Waals surface area contributed by atoms with Crippen molar-refractivity contribution in [2.75, 3.05) is 14.1 Å². The van der Waals surface area contributed by atoms with Crippen molar-refractivity contribution in [2.24, 2.45) is 14.7 Å². The normalized spacial score (nSPS) is 11.5. The Hall–Kier alpha value is 0.783.